The van der Waals surface area contributed by atoms with Crippen molar-refractivity contribution in [3.05, 3.63) is 24.3 Å². The SMILES string of the molecule is CCNC(=NCC(CCO)CC(C)C)NCC1CCN(c2cccc(OC)c2)C1. The normalized spacial score (nSPS) is 18.2. The van der Waals surface area contributed by atoms with Crippen LogP contribution in [0.4, 0.5) is 5.69 Å². The highest BCUT2D eigenvalue weighted by Gasteiger charge is 2.23. The van der Waals surface area contributed by atoms with Crippen LogP contribution in [-0.4, -0.2) is 57.5 Å². The van der Waals surface area contributed by atoms with E-state index in [0.717, 1.165) is 57.3 Å². The number of aliphatic hydroxyl groups excluding tert-OH is 1. The lowest BCUT2D eigenvalue weighted by molar-refractivity contribution is 0.245. The van der Waals surface area contributed by atoms with Gasteiger partial charge in [-0.05, 0) is 56.1 Å². The summed E-state index contributed by atoms with van der Waals surface area (Å²) in [4.78, 5) is 7.23. The molecule has 2 rings (SSSR count). The Labute approximate surface area is 176 Å². The Bertz CT molecular complexity index is 621. The van der Waals surface area contributed by atoms with Crippen LogP contribution in [0.5, 0.6) is 5.75 Å². The molecule has 164 valence electrons. The van der Waals surface area contributed by atoms with E-state index in [2.05, 4.69) is 54.5 Å². The van der Waals surface area contributed by atoms with Crippen LogP contribution in [0.1, 0.15) is 40.0 Å². The minimum Gasteiger partial charge on any atom is -0.497 e. The van der Waals surface area contributed by atoms with Crippen LogP contribution >= 0.6 is 0 Å². The van der Waals surface area contributed by atoms with Gasteiger partial charge in [-0.1, -0.05) is 19.9 Å². The lowest BCUT2D eigenvalue weighted by atomic mass is 9.94. The third-order valence-electron chi connectivity index (χ3n) is 5.46. The van der Waals surface area contributed by atoms with Gasteiger partial charge in [-0.15, -0.1) is 0 Å². The van der Waals surface area contributed by atoms with E-state index >= 15 is 0 Å². The fourth-order valence-electron chi connectivity index (χ4n) is 3.98. The molecule has 0 radical (unpaired) electrons. The molecule has 2 atom stereocenters. The first-order chi connectivity index (χ1) is 14.0. The molecule has 0 spiro atoms. The van der Waals surface area contributed by atoms with E-state index < -0.39 is 0 Å². The van der Waals surface area contributed by atoms with E-state index in [4.69, 9.17) is 9.73 Å². The summed E-state index contributed by atoms with van der Waals surface area (Å²) in [5.41, 5.74) is 1.23. The molecule has 6 nitrogen and oxygen atoms in total. The Morgan fingerprint density at radius 1 is 1.34 bits per heavy atom. The first-order valence-corrected chi connectivity index (χ1v) is 11.1. The van der Waals surface area contributed by atoms with Crippen molar-refractivity contribution in [3.63, 3.8) is 0 Å². The summed E-state index contributed by atoms with van der Waals surface area (Å²) in [6.07, 6.45) is 3.09. The molecule has 0 aromatic heterocycles. The van der Waals surface area contributed by atoms with Crippen LogP contribution in [0.15, 0.2) is 29.3 Å². The molecule has 1 aliphatic heterocycles. The number of benzene rings is 1. The van der Waals surface area contributed by atoms with Crippen molar-refractivity contribution >= 4 is 11.6 Å². The van der Waals surface area contributed by atoms with E-state index in [1.807, 2.05) is 6.07 Å². The Hall–Kier alpha value is -1.95. The fourth-order valence-corrected chi connectivity index (χ4v) is 3.98. The summed E-state index contributed by atoms with van der Waals surface area (Å²) < 4.78 is 5.36. The van der Waals surface area contributed by atoms with Gasteiger partial charge in [-0.25, -0.2) is 0 Å². The molecule has 0 aliphatic carbocycles. The van der Waals surface area contributed by atoms with E-state index in [1.54, 1.807) is 7.11 Å². The number of anilines is 1. The minimum absolute atomic E-state index is 0.235. The third-order valence-corrected chi connectivity index (χ3v) is 5.46. The predicted molar refractivity (Wildman–Crippen MR) is 122 cm³/mol. The van der Waals surface area contributed by atoms with E-state index in [0.29, 0.717) is 17.8 Å². The molecule has 2 unspecified atom stereocenters. The number of hydrogen-bond acceptors (Lipinski definition) is 4. The Morgan fingerprint density at radius 2 is 2.17 bits per heavy atom. The van der Waals surface area contributed by atoms with Crippen molar-refractivity contribution in [2.45, 2.75) is 40.0 Å². The summed E-state index contributed by atoms with van der Waals surface area (Å²) >= 11 is 0. The highest BCUT2D eigenvalue weighted by Crippen LogP contribution is 2.26. The molecule has 1 fully saturated rings. The maximum Gasteiger partial charge on any atom is 0.191 e. The van der Waals surface area contributed by atoms with Gasteiger partial charge in [-0.3, -0.25) is 4.99 Å². The van der Waals surface area contributed by atoms with Gasteiger partial charge in [0.2, 0.25) is 0 Å². The molecule has 29 heavy (non-hydrogen) atoms. The molecule has 1 aromatic carbocycles. The highest BCUT2D eigenvalue weighted by molar-refractivity contribution is 5.79. The molecular formula is C23H40N4O2. The zero-order valence-electron chi connectivity index (χ0n) is 18.7. The molecule has 1 aliphatic rings. The van der Waals surface area contributed by atoms with E-state index in [1.165, 1.54) is 12.1 Å². The van der Waals surface area contributed by atoms with Crippen LogP contribution in [0, 0.1) is 17.8 Å². The van der Waals surface area contributed by atoms with E-state index in [9.17, 15) is 5.11 Å². The number of ether oxygens (including phenoxy) is 1. The van der Waals surface area contributed by atoms with Crippen molar-refractivity contribution in [2.24, 2.45) is 22.7 Å². The van der Waals surface area contributed by atoms with Crippen molar-refractivity contribution in [3.8, 4) is 5.75 Å². The first-order valence-electron chi connectivity index (χ1n) is 11.1. The predicted octanol–water partition coefficient (Wildman–Crippen LogP) is 3.12. The monoisotopic (exact) mass is 404 g/mol. The van der Waals surface area contributed by atoms with Gasteiger partial charge < -0.3 is 25.4 Å². The van der Waals surface area contributed by atoms with Gasteiger partial charge in [0.25, 0.3) is 0 Å². The average molecular weight is 405 g/mol. The molecular weight excluding hydrogens is 364 g/mol. The van der Waals surface area contributed by atoms with Gasteiger partial charge in [-0.2, -0.15) is 0 Å². The van der Waals surface area contributed by atoms with Gasteiger partial charge in [0.05, 0.1) is 7.11 Å². The molecule has 0 bridgehead atoms. The van der Waals surface area contributed by atoms with Gasteiger partial charge >= 0.3 is 0 Å². The number of nitrogens with one attached hydrogen (secondary N) is 2. The van der Waals surface area contributed by atoms with E-state index in [-0.39, 0.29) is 6.61 Å². The van der Waals surface area contributed by atoms with Crippen molar-refractivity contribution in [2.75, 3.05) is 51.3 Å². The van der Waals surface area contributed by atoms with Crippen LogP contribution < -0.4 is 20.3 Å². The summed E-state index contributed by atoms with van der Waals surface area (Å²) in [6, 6.07) is 8.30. The van der Waals surface area contributed by atoms with Crippen LogP contribution in [0.25, 0.3) is 0 Å². The van der Waals surface area contributed by atoms with Gasteiger partial charge in [0, 0.05) is 51.1 Å². The molecule has 1 saturated heterocycles. The largest absolute Gasteiger partial charge is 0.497 e. The van der Waals surface area contributed by atoms with Crippen LogP contribution in [0.3, 0.4) is 0 Å². The standard InChI is InChI=1S/C23H40N4O2/c1-5-24-23(25-15-19(10-12-28)13-18(2)3)26-16-20-9-11-27(17-20)21-7-6-8-22(14-21)29-4/h6-8,14,18-20,28H,5,9-13,15-17H2,1-4H3,(H2,24,25,26). The first kappa shape index (κ1) is 23.3. The second-order valence-electron chi connectivity index (χ2n) is 8.41. The molecule has 3 N–H and O–H groups in total. The van der Waals surface area contributed by atoms with Crippen molar-refractivity contribution in [1.29, 1.82) is 0 Å². The molecule has 6 heteroatoms. The number of aliphatic imine (C=N–C) groups is 1. The number of hydrogen-bond donors (Lipinski definition) is 3. The van der Waals surface area contributed by atoms with Gasteiger partial charge in [0.15, 0.2) is 5.96 Å². The zero-order chi connectivity index (χ0) is 21.1. The Morgan fingerprint density at radius 3 is 2.86 bits per heavy atom. The quantitative estimate of drug-likeness (QED) is 0.391. The summed E-state index contributed by atoms with van der Waals surface area (Å²) in [7, 11) is 1.71. The summed E-state index contributed by atoms with van der Waals surface area (Å²) in [5, 5.41) is 16.2. The number of methoxy groups -OCH3 is 1. The maximum atomic E-state index is 9.32. The van der Waals surface area contributed by atoms with Crippen LogP contribution in [0.2, 0.25) is 0 Å². The third kappa shape index (κ3) is 8.13. The lowest BCUT2D eigenvalue weighted by Gasteiger charge is -2.20. The summed E-state index contributed by atoms with van der Waals surface area (Å²) in [6.45, 7) is 11.4. The zero-order valence-corrected chi connectivity index (χ0v) is 18.7. The highest BCUT2D eigenvalue weighted by atomic mass is 16.5. The van der Waals surface area contributed by atoms with Crippen molar-refractivity contribution in [1.82, 2.24) is 10.6 Å². The second-order valence-corrected chi connectivity index (χ2v) is 8.41. The number of rotatable bonds is 11. The average Bonchev–Trinajstić information content (AvgIpc) is 3.19. The Kier molecular flexibility index (Phi) is 10.1. The summed E-state index contributed by atoms with van der Waals surface area (Å²) in [5.74, 6) is 3.45. The number of aliphatic hydroxyl groups is 1. The second kappa shape index (κ2) is 12.6. The van der Waals surface area contributed by atoms with Gasteiger partial charge in [0.1, 0.15) is 5.75 Å². The topological polar surface area (TPSA) is 69.1 Å². The number of guanidine groups is 1. The molecule has 1 aromatic rings. The molecule has 1 heterocycles. The lowest BCUT2D eigenvalue weighted by Crippen LogP contribution is -2.40. The fraction of sp³-hybridized carbons (Fsp3) is 0.696. The molecule has 0 amide bonds. The minimum atomic E-state index is 0.235. The van der Waals surface area contributed by atoms with Crippen molar-refractivity contribution < 1.29 is 9.84 Å². The molecule has 0 saturated carbocycles. The van der Waals surface area contributed by atoms with Crippen LogP contribution in [-0.2, 0) is 0 Å². The smallest absolute Gasteiger partial charge is 0.191 e. The number of nitrogens with zero attached hydrogens (tertiary/aromatic N) is 2. The maximum absolute atomic E-state index is 9.32. The Balaban J connectivity index is 1.86.